The molecule has 6 heterocycles. The number of aliphatic imine (C=N–C) groups is 2. The smallest absolute Gasteiger partial charge is 0.357 e. The third-order valence-corrected chi connectivity index (χ3v) is 19.8. The van der Waals surface area contributed by atoms with Gasteiger partial charge in [0.1, 0.15) is 29.1 Å². The van der Waals surface area contributed by atoms with Gasteiger partial charge in [0.25, 0.3) is 5.91 Å². The molecule has 1 aromatic rings. The Hall–Kier alpha value is -4.96. The van der Waals surface area contributed by atoms with Crippen LogP contribution in [0.25, 0.3) is 5.57 Å². The molecule has 1 amide bonds. The Morgan fingerprint density at radius 2 is 1.59 bits per heavy atom. The summed E-state index contributed by atoms with van der Waals surface area (Å²) in [5.74, 6) is -5.03. The minimum absolute atomic E-state index is 0.0354. The number of aliphatic hydroxyl groups excluding tert-OH is 2. The first-order valence-electron chi connectivity index (χ1n) is 28.7. The minimum atomic E-state index is -1.58. The fourth-order valence-electron chi connectivity index (χ4n) is 15.4. The molecule has 79 heavy (non-hydrogen) atoms. The van der Waals surface area contributed by atoms with Crippen LogP contribution in [0, 0.1) is 40.4 Å². The van der Waals surface area contributed by atoms with E-state index in [9.17, 15) is 39.6 Å². The molecule has 0 aromatic heterocycles. The van der Waals surface area contributed by atoms with E-state index >= 15 is 0 Å². The molecule has 3 bridgehead atoms. The SMILES string of the molecule is CC[C@@H]1C[C@@]2(C)C=C(C(=O)O)[C@H](C)[C@]3(C2)NC(=O)C(=C(O)[C@]2(C)[C@H](C=C[C@@H]4[C@@H](O[C@@H]5CC[C@H](O[C@H]6C[C@](C)(O)[C@H](O[C@H]7C[C@@H](OC(=O)C8=NC9=Nc%10ccccc%10C9=C8)[C@@H](N)[C@@H](C)O7)[C@@H](C)O6)[C@H](C)O5)CCC[C@H]42)C[C@H]1O)C3=O. The van der Waals surface area contributed by atoms with Crippen LogP contribution in [0.4, 0.5) is 5.69 Å². The van der Waals surface area contributed by atoms with Crippen LogP contribution < -0.4 is 11.1 Å². The van der Waals surface area contributed by atoms with Gasteiger partial charge in [-0.05, 0) is 102 Å². The lowest BCUT2D eigenvalue weighted by atomic mass is 9.52. The van der Waals surface area contributed by atoms with Crippen LogP contribution >= 0.6 is 0 Å². The van der Waals surface area contributed by atoms with Crippen molar-refractivity contribution < 1.29 is 72.8 Å². The van der Waals surface area contributed by atoms with E-state index in [4.69, 9.17) is 38.9 Å². The van der Waals surface area contributed by atoms with Crippen molar-refractivity contribution in [2.75, 3.05) is 0 Å². The third-order valence-electron chi connectivity index (χ3n) is 19.8. The van der Waals surface area contributed by atoms with Crippen molar-refractivity contribution in [1.29, 1.82) is 0 Å². The van der Waals surface area contributed by atoms with Crippen molar-refractivity contribution >= 4 is 46.4 Å². The second kappa shape index (κ2) is 20.8. The molecular formula is C60H78N4O15. The number of nitrogens with two attached hydrogens (primary N) is 1. The first kappa shape index (κ1) is 55.9. The van der Waals surface area contributed by atoms with Crippen LogP contribution in [-0.4, -0.2) is 140 Å². The van der Waals surface area contributed by atoms with E-state index in [0.29, 0.717) is 44.4 Å². The highest BCUT2D eigenvalue weighted by Gasteiger charge is 2.63. The predicted molar refractivity (Wildman–Crippen MR) is 287 cm³/mol. The van der Waals surface area contributed by atoms with Crippen LogP contribution in [0.5, 0.6) is 0 Å². The largest absolute Gasteiger partial charge is 0.511 e. The topological polar surface area (TPSA) is 277 Å². The number of carbonyl (C=O) groups is 4. The maximum Gasteiger partial charge on any atom is 0.357 e. The molecule has 11 rings (SSSR count). The number of hydrogen-bond donors (Lipinski definition) is 6. The highest BCUT2D eigenvalue weighted by atomic mass is 16.7. The fraction of sp³-hybridized carbons (Fsp3) is 0.667. The van der Waals surface area contributed by atoms with Gasteiger partial charge >= 0.3 is 11.9 Å². The molecule has 19 nitrogen and oxygen atoms in total. The fourth-order valence-corrected chi connectivity index (χ4v) is 15.4. The van der Waals surface area contributed by atoms with Gasteiger partial charge in [-0.25, -0.2) is 19.6 Å². The number of ether oxygens (including phenoxy) is 7. The summed E-state index contributed by atoms with van der Waals surface area (Å²) in [6.45, 7) is 14.6. The number of ketones is 1. The summed E-state index contributed by atoms with van der Waals surface area (Å²) < 4.78 is 44.9. The molecule has 10 aliphatic rings. The molecule has 4 saturated heterocycles. The molecule has 4 aliphatic carbocycles. The lowest BCUT2D eigenvalue weighted by Crippen LogP contribution is -2.60. The van der Waals surface area contributed by atoms with E-state index in [0.717, 1.165) is 23.2 Å². The van der Waals surface area contributed by atoms with Crippen LogP contribution in [0.1, 0.15) is 132 Å². The number of fused-ring (bicyclic) bond motifs is 8. The molecule has 5 fully saturated rings. The molecule has 6 aliphatic heterocycles. The summed E-state index contributed by atoms with van der Waals surface area (Å²) in [6, 6.07) is 6.98. The Kier molecular flexibility index (Phi) is 14.7. The zero-order valence-corrected chi connectivity index (χ0v) is 46.5. The highest BCUT2D eigenvalue weighted by molar-refractivity contribution is 6.52. The Bertz CT molecular complexity index is 2840. The van der Waals surface area contributed by atoms with Gasteiger partial charge in [0, 0.05) is 53.2 Å². The van der Waals surface area contributed by atoms with Crippen LogP contribution in [-0.2, 0) is 52.3 Å². The molecule has 1 aromatic carbocycles. The van der Waals surface area contributed by atoms with E-state index in [2.05, 4.69) is 21.4 Å². The number of nitrogens with one attached hydrogen (secondary N) is 1. The number of rotatable bonds is 10. The van der Waals surface area contributed by atoms with Gasteiger partial charge in [0.05, 0.1) is 54.0 Å². The molecule has 1 saturated carbocycles. The average molecular weight is 1100 g/mol. The number of aliphatic hydroxyl groups is 3. The number of amidine groups is 1. The number of carbonyl (C=O) groups excluding carboxylic acids is 3. The van der Waals surface area contributed by atoms with E-state index in [1.807, 2.05) is 58.0 Å². The van der Waals surface area contributed by atoms with Crippen molar-refractivity contribution in [3.8, 4) is 0 Å². The number of carboxylic acids is 1. The second-order valence-corrected chi connectivity index (χ2v) is 25.1. The summed E-state index contributed by atoms with van der Waals surface area (Å²) in [5.41, 5.74) is 3.81. The number of hydrogen-bond acceptors (Lipinski definition) is 17. The van der Waals surface area contributed by atoms with Crippen molar-refractivity contribution in [3.05, 3.63) is 71.0 Å². The summed E-state index contributed by atoms with van der Waals surface area (Å²) >= 11 is 0. The molecule has 0 unspecified atom stereocenters. The van der Waals surface area contributed by atoms with E-state index in [1.54, 1.807) is 39.8 Å². The number of para-hydroxylation sites is 1. The van der Waals surface area contributed by atoms with E-state index in [1.165, 1.54) is 0 Å². The maximum absolute atomic E-state index is 15.0. The van der Waals surface area contributed by atoms with E-state index < -0.39 is 125 Å². The van der Waals surface area contributed by atoms with Crippen molar-refractivity contribution in [1.82, 2.24) is 5.32 Å². The molecule has 428 valence electrons. The summed E-state index contributed by atoms with van der Waals surface area (Å²) in [5, 5.41) is 50.1. The van der Waals surface area contributed by atoms with Crippen molar-refractivity contribution in [2.24, 2.45) is 56.1 Å². The molecule has 0 radical (unpaired) electrons. The molecule has 7 N–H and O–H groups in total. The molecular weight excluding hydrogens is 1020 g/mol. The number of esters is 1. The monoisotopic (exact) mass is 1090 g/mol. The molecule has 1 spiro atoms. The number of aliphatic carboxylic acids is 1. The molecule has 21 atom stereocenters. The second-order valence-electron chi connectivity index (χ2n) is 25.1. The normalized spacial score (nSPS) is 44.6. The average Bonchev–Trinajstić information content (AvgIpc) is 4.03. The highest BCUT2D eigenvalue weighted by Crippen LogP contribution is 2.59. The maximum atomic E-state index is 15.0. The summed E-state index contributed by atoms with van der Waals surface area (Å²) in [7, 11) is 0. The predicted octanol–water partition coefficient (Wildman–Crippen LogP) is 6.61. The Morgan fingerprint density at radius 3 is 2.33 bits per heavy atom. The van der Waals surface area contributed by atoms with Crippen molar-refractivity contribution in [2.45, 2.75) is 211 Å². The summed E-state index contributed by atoms with van der Waals surface area (Å²) in [6.07, 6.45) is 5.29. The van der Waals surface area contributed by atoms with Crippen molar-refractivity contribution in [3.63, 3.8) is 0 Å². The Balaban J connectivity index is 0.727. The first-order valence-corrected chi connectivity index (χ1v) is 28.7. The van der Waals surface area contributed by atoms with Gasteiger partial charge in [-0.3, -0.25) is 9.59 Å². The summed E-state index contributed by atoms with van der Waals surface area (Å²) in [4.78, 5) is 64.4. The first-order chi connectivity index (χ1) is 37.4. The Morgan fingerprint density at radius 1 is 0.861 bits per heavy atom. The number of Topliss-reactive ketones (excluding diaryl/α,β-unsaturated/α-hetero) is 1. The number of carboxylic acid groups (broad SMARTS) is 1. The number of amides is 1. The number of allylic oxidation sites excluding steroid dienone is 3. The van der Waals surface area contributed by atoms with Crippen LogP contribution in [0.2, 0.25) is 0 Å². The van der Waals surface area contributed by atoms with Crippen LogP contribution in [0.15, 0.2) is 75.5 Å². The van der Waals surface area contributed by atoms with Crippen LogP contribution in [0.3, 0.4) is 0 Å². The van der Waals surface area contributed by atoms with Gasteiger partial charge in [-0.1, -0.05) is 77.0 Å². The van der Waals surface area contributed by atoms with Gasteiger partial charge in [0.15, 0.2) is 36.2 Å². The minimum Gasteiger partial charge on any atom is -0.511 e. The number of benzene rings is 1. The van der Waals surface area contributed by atoms with Gasteiger partial charge in [0.2, 0.25) is 0 Å². The van der Waals surface area contributed by atoms with E-state index in [-0.39, 0.29) is 72.2 Å². The quantitative estimate of drug-likeness (QED) is 0.0817. The third kappa shape index (κ3) is 9.79. The lowest BCUT2D eigenvalue weighted by Gasteiger charge is -2.53. The number of nitrogens with zero attached hydrogens (tertiary/aromatic N) is 2. The van der Waals surface area contributed by atoms with Gasteiger partial charge in [-0.15, -0.1) is 0 Å². The molecule has 19 heteroatoms. The zero-order chi connectivity index (χ0) is 56.2. The standard InChI is InChI=1S/C60H78N4O15/c1-9-32-24-57(6)25-37(55(69)70)28(2)60(27-57)51(67)48(54(68)64-60)50(66)59(8)33(21-41(32)65)17-18-35-38(59)14-12-16-43(35)77-45-20-19-42(29(3)73-45)76-47-26-58(7,72)52(31(5)75-47)79-46-23-44(49(61)30(4)74-46)78-56(71)40-22-36-34-13-10-11-15-39(34)62-53(36)63-40/h10-11,13,15,17-18,22,25,28-33,35,38,41-47,49,52,65-66,72H,9,12,14,16,19-21,23-24,26-27,61H2,1-8H3,(H,64,68)(H,69,70)/t28-,29-,30+,31+,32+,33+,35-,38+,41+,42-,43-,44+,45+,46-,47-,49-,52+,57-,58-,59+,60-/m0/s1. The van der Waals surface area contributed by atoms with Gasteiger partial charge < -0.3 is 64.6 Å². The zero-order valence-electron chi connectivity index (χ0n) is 46.5. The lowest BCUT2D eigenvalue weighted by molar-refractivity contribution is -0.339. The Labute approximate surface area is 461 Å². The van der Waals surface area contributed by atoms with Gasteiger partial charge in [-0.2, -0.15) is 0 Å².